The fraction of sp³-hybridized carbons (Fsp3) is 0.364. The molecule has 1 aromatic rings. The molecular formula is C11H14N2O2S2. The molecule has 0 unspecified atom stereocenters. The number of pyridine rings is 1. The van der Waals surface area contributed by atoms with Crippen LogP contribution >= 0.6 is 24.0 Å². The second-order valence-electron chi connectivity index (χ2n) is 3.48. The molecule has 0 N–H and O–H groups in total. The number of esters is 1. The van der Waals surface area contributed by atoms with Gasteiger partial charge in [0.15, 0.2) is 0 Å². The van der Waals surface area contributed by atoms with Gasteiger partial charge in [0.25, 0.3) is 0 Å². The average molecular weight is 270 g/mol. The van der Waals surface area contributed by atoms with Gasteiger partial charge in [-0.2, -0.15) is 0 Å². The van der Waals surface area contributed by atoms with Crippen molar-refractivity contribution in [3.05, 3.63) is 29.6 Å². The topological polar surface area (TPSA) is 42.4 Å². The molecule has 1 rings (SSSR count). The van der Waals surface area contributed by atoms with E-state index in [1.807, 2.05) is 19.0 Å². The van der Waals surface area contributed by atoms with E-state index in [0.717, 1.165) is 10.0 Å². The molecule has 92 valence electrons. The first kappa shape index (κ1) is 13.9. The van der Waals surface area contributed by atoms with Crippen molar-refractivity contribution in [3.63, 3.8) is 0 Å². The number of ether oxygens (including phenoxy) is 1. The van der Waals surface area contributed by atoms with Gasteiger partial charge in [-0.3, -0.25) is 4.98 Å². The number of thioether (sulfide) groups is 1. The maximum atomic E-state index is 11.2. The van der Waals surface area contributed by atoms with E-state index in [1.54, 1.807) is 12.1 Å². The van der Waals surface area contributed by atoms with Crippen molar-refractivity contribution in [2.45, 2.75) is 5.75 Å². The van der Waals surface area contributed by atoms with Crippen LogP contribution in [0, 0.1) is 0 Å². The van der Waals surface area contributed by atoms with Crippen molar-refractivity contribution in [3.8, 4) is 0 Å². The summed E-state index contributed by atoms with van der Waals surface area (Å²) in [5, 5.41) is 0. The normalized spacial score (nSPS) is 9.82. The molecule has 0 radical (unpaired) electrons. The van der Waals surface area contributed by atoms with Crippen LogP contribution in [0.1, 0.15) is 16.1 Å². The number of rotatable bonds is 3. The third kappa shape index (κ3) is 4.32. The quantitative estimate of drug-likeness (QED) is 0.618. The molecule has 0 atom stereocenters. The summed E-state index contributed by atoms with van der Waals surface area (Å²) in [6.07, 6.45) is 1.51. The van der Waals surface area contributed by atoms with Crippen LogP contribution < -0.4 is 0 Å². The molecule has 0 aliphatic carbocycles. The number of nitrogens with zero attached hydrogens (tertiary/aromatic N) is 2. The number of hydrogen-bond acceptors (Lipinski definition) is 5. The summed E-state index contributed by atoms with van der Waals surface area (Å²) in [5.41, 5.74) is 1.34. The smallest absolute Gasteiger partial charge is 0.339 e. The van der Waals surface area contributed by atoms with Gasteiger partial charge < -0.3 is 9.64 Å². The standard InChI is InChI=1S/C11H14N2O2S2/c1-13(2)11(16)17-7-9-5-4-8(6-12-9)10(14)15-3/h4-6H,7H2,1-3H3. The minimum absolute atomic E-state index is 0.375. The van der Waals surface area contributed by atoms with E-state index in [9.17, 15) is 4.79 Å². The first-order valence-corrected chi connectivity index (χ1v) is 6.31. The summed E-state index contributed by atoms with van der Waals surface area (Å²) in [6, 6.07) is 3.50. The molecule has 0 aromatic carbocycles. The lowest BCUT2D eigenvalue weighted by Crippen LogP contribution is -2.16. The molecule has 0 amide bonds. The Morgan fingerprint density at radius 2 is 2.24 bits per heavy atom. The molecule has 6 heteroatoms. The van der Waals surface area contributed by atoms with Gasteiger partial charge in [0.2, 0.25) is 0 Å². The van der Waals surface area contributed by atoms with Crippen molar-refractivity contribution < 1.29 is 9.53 Å². The molecule has 4 nitrogen and oxygen atoms in total. The number of carbonyl (C=O) groups is 1. The zero-order valence-electron chi connectivity index (χ0n) is 9.97. The fourth-order valence-electron chi connectivity index (χ4n) is 1.01. The highest BCUT2D eigenvalue weighted by Crippen LogP contribution is 2.14. The van der Waals surface area contributed by atoms with Gasteiger partial charge in [-0.25, -0.2) is 4.79 Å². The lowest BCUT2D eigenvalue weighted by molar-refractivity contribution is 0.0600. The van der Waals surface area contributed by atoms with Gasteiger partial charge in [0.1, 0.15) is 4.32 Å². The molecule has 1 heterocycles. The Morgan fingerprint density at radius 1 is 1.53 bits per heavy atom. The van der Waals surface area contributed by atoms with Gasteiger partial charge in [-0.15, -0.1) is 0 Å². The Kier molecular flexibility index (Phi) is 5.37. The van der Waals surface area contributed by atoms with Gasteiger partial charge >= 0.3 is 5.97 Å². The van der Waals surface area contributed by atoms with Gasteiger partial charge in [-0.05, 0) is 12.1 Å². The maximum absolute atomic E-state index is 11.2. The zero-order chi connectivity index (χ0) is 12.8. The lowest BCUT2D eigenvalue weighted by atomic mass is 10.2. The number of carbonyl (C=O) groups excluding carboxylic acids is 1. The Hall–Kier alpha value is -1.14. The summed E-state index contributed by atoms with van der Waals surface area (Å²) in [5.74, 6) is 0.318. The predicted molar refractivity (Wildman–Crippen MR) is 73.2 cm³/mol. The van der Waals surface area contributed by atoms with E-state index in [0.29, 0.717) is 11.3 Å². The molecule has 0 aliphatic rings. The third-order valence-electron chi connectivity index (χ3n) is 1.95. The van der Waals surface area contributed by atoms with Crippen molar-refractivity contribution in [1.82, 2.24) is 9.88 Å². The Bertz CT molecular complexity index is 404. The van der Waals surface area contributed by atoms with E-state index < -0.39 is 0 Å². The summed E-state index contributed by atoms with van der Waals surface area (Å²) >= 11 is 6.69. The van der Waals surface area contributed by atoms with Crippen molar-refractivity contribution >= 4 is 34.3 Å². The van der Waals surface area contributed by atoms with E-state index in [4.69, 9.17) is 12.2 Å². The molecule has 17 heavy (non-hydrogen) atoms. The van der Waals surface area contributed by atoms with Crippen LogP contribution in [-0.4, -0.2) is 41.4 Å². The minimum Gasteiger partial charge on any atom is -0.465 e. The average Bonchev–Trinajstić information content (AvgIpc) is 2.35. The molecule has 0 fully saturated rings. The largest absolute Gasteiger partial charge is 0.465 e. The number of aromatic nitrogens is 1. The van der Waals surface area contributed by atoms with Crippen LogP contribution in [0.4, 0.5) is 0 Å². The summed E-state index contributed by atoms with van der Waals surface area (Å²) in [6.45, 7) is 0. The van der Waals surface area contributed by atoms with E-state index in [2.05, 4.69) is 9.72 Å². The Labute approximate surface area is 110 Å². The van der Waals surface area contributed by atoms with Crippen LogP contribution in [0.3, 0.4) is 0 Å². The Balaban J connectivity index is 2.57. The van der Waals surface area contributed by atoms with Crippen molar-refractivity contribution in [1.29, 1.82) is 0 Å². The first-order chi connectivity index (χ1) is 8.04. The molecule has 1 aromatic heterocycles. The lowest BCUT2D eigenvalue weighted by Gasteiger charge is -2.12. The van der Waals surface area contributed by atoms with Gasteiger partial charge in [-0.1, -0.05) is 24.0 Å². The van der Waals surface area contributed by atoms with E-state index >= 15 is 0 Å². The van der Waals surface area contributed by atoms with Crippen molar-refractivity contribution in [2.75, 3.05) is 21.2 Å². The highest BCUT2D eigenvalue weighted by molar-refractivity contribution is 8.22. The Morgan fingerprint density at radius 3 is 2.71 bits per heavy atom. The van der Waals surface area contributed by atoms with E-state index in [-0.39, 0.29) is 5.97 Å². The molecular weight excluding hydrogens is 256 g/mol. The molecule has 0 saturated heterocycles. The predicted octanol–water partition coefficient (Wildman–Crippen LogP) is 1.95. The molecule has 0 bridgehead atoms. The van der Waals surface area contributed by atoms with Crippen LogP contribution in [0.25, 0.3) is 0 Å². The van der Waals surface area contributed by atoms with Crippen LogP contribution in [0.2, 0.25) is 0 Å². The number of methoxy groups -OCH3 is 1. The summed E-state index contributed by atoms with van der Waals surface area (Å²) in [7, 11) is 5.16. The summed E-state index contributed by atoms with van der Waals surface area (Å²) < 4.78 is 5.40. The summed E-state index contributed by atoms with van der Waals surface area (Å²) in [4.78, 5) is 17.2. The van der Waals surface area contributed by atoms with Crippen LogP contribution in [0.15, 0.2) is 18.3 Å². The monoisotopic (exact) mass is 270 g/mol. The first-order valence-electron chi connectivity index (χ1n) is 4.92. The molecule has 0 spiro atoms. The molecule has 0 saturated carbocycles. The van der Waals surface area contributed by atoms with Crippen LogP contribution in [-0.2, 0) is 10.5 Å². The fourth-order valence-corrected chi connectivity index (χ4v) is 1.89. The molecule has 0 aliphatic heterocycles. The number of hydrogen-bond donors (Lipinski definition) is 0. The van der Waals surface area contributed by atoms with E-state index in [1.165, 1.54) is 25.1 Å². The zero-order valence-corrected chi connectivity index (χ0v) is 11.6. The second-order valence-corrected chi connectivity index (χ2v) is 5.09. The van der Waals surface area contributed by atoms with Gasteiger partial charge in [0.05, 0.1) is 18.4 Å². The minimum atomic E-state index is -0.375. The van der Waals surface area contributed by atoms with Crippen LogP contribution in [0.5, 0.6) is 0 Å². The highest BCUT2D eigenvalue weighted by atomic mass is 32.2. The SMILES string of the molecule is COC(=O)c1ccc(CSC(=S)N(C)C)nc1. The second kappa shape index (κ2) is 6.56. The third-order valence-corrected chi connectivity index (χ3v) is 3.73. The highest BCUT2D eigenvalue weighted by Gasteiger charge is 2.06. The maximum Gasteiger partial charge on any atom is 0.339 e. The van der Waals surface area contributed by atoms with Gasteiger partial charge in [0, 0.05) is 26.0 Å². The number of thiocarbonyl (C=S) groups is 1. The van der Waals surface area contributed by atoms with Crippen molar-refractivity contribution in [2.24, 2.45) is 0 Å².